The lowest BCUT2D eigenvalue weighted by molar-refractivity contribution is -0.118. The van der Waals surface area contributed by atoms with E-state index in [2.05, 4.69) is 10.6 Å². The molecule has 108 valence electrons. The molecule has 2 rings (SSSR count). The van der Waals surface area contributed by atoms with Gasteiger partial charge in [-0.15, -0.1) is 0 Å². The minimum atomic E-state index is -0.431. The smallest absolute Gasteiger partial charge is 0.315 e. The Morgan fingerprint density at radius 3 is 2.75 bits per heavy atom. The predicted octanol–water partition coefficient (Wildman–Crippen LogP) is 1.89. The van der Waals surface area contributed by atoms with E-state index in [4.69, 9.17) is 0 Å². The van der Waals surface area contributed by atoms with Crippen molar-refractivity contribution in [2.45, 2.75) is 38.8 Å². The molecule has 0 bridgehead atoms. The number of urea groups is 1. The van der Waals surface area contributed by atoms with Crippen molar-refractivity contribution in [3.63, 3.8) is 0 Å². The number of amides is 3. The van der Waals surface area contributed by atoms with Crippen LogP contribution >= 0.6 is 0 Å². The fourth-order valence-electron chi connectivity index (χ4n) is 2.20. The van der Waals surface area contributed by atoms with E-state index in [0.29, 0.717) is 13.0 Å². The monoisotopic (exact) mass is 275 g/mol. The second kappa shape index (κ2) is 6.41. The molecule has 1 heterocycles. The van der Waals surface area contributed by atoms with Crippen molar-refractivity contribution in [2.24, 2.45) is 0 Å². The number of anilines is 1. The lowest BCUT2D eigenvalue weighted by Crippen LogP contribution is -2.48. The largest absolute Gasteiger partial charge is 0.336 e. The van der Waals surface area contributed by atoms with E-state index in [0.717, 1.165) is 12.1 Å². The zero-order valence-corrected chi connectivity index (χ0v) is 11.9. The van der Waals surface area contributed by atoms with E-state index in [1.807, 2.05) is 44.2 Å². The van der Waals surface area contributed by atoms with Gasteiger partial charge in [0.2, 0.25) is 5.91 Å². The first-order chi connectivity index (χ1) is 9.61. The van der Waals surface area contributed by atoms with Gasteiger partial charge in [-0.25, -0.2) is 4.79 Å². The van der Waals surface area contributed by atoms with Crippen molar-refractivity contribution >= 4 is 17.6 Å². The summed E-state index contributed by atoms with van der Waals surface area (Å²) in [5, 5.41) is 5.56. The summed E-state index contributed by atoms with van der Waals surface area (Å²) in [6.07, 6.45) is 1.50. The van der Waals surface area contributed by atoms with E-state index in [1.54, 1.807) is 4.90 Å². The molecule has 2 atom stereocenters. The van der Waals surface area contributed by atoms with Crippen LogP contribution in [0.15, 0.2) is 30.3 Å². The second-order valence-electron chi connectivity index (χ2n) is 5.09. The molecule has 3 amide bonds. The molecule has 0 aliphatic carbocycles. The third-order valence-corrected chi connectivity index (χ3v) is 3.57. The van der Waals surface area contributed by atoms with Gasteiger partial charge < -0.3 is 15.5 Å². The van der Waals surface area contributed by atoms with Crippen LogP contribution in [-0.2, 0) is 4.79 Å². The summed E-state index contributed by atoms with van der Waals surface area (Å²) in [5.41, 5.74) is 0.879. The van der Waals surface area contributed by atoms with Crippen molar-refractivity contribution in [3.8, 4) is 0 Å². The summed E-state index contributed by atoms with van der Waals surface area (Å²) in [7, 11) is 0. The molecule has 0 saturated carbocycles. The number of carbonyl (C=O) groups excluding carboxylic acids is 2. The fraction of sp³-hybridized carbons (Fsp3) is 0.467. The van der Waals surface area contributed by atoms with Gasteiger partial charge in [0.1, 0.15) is 6.04 Å². The lowest BCUT2D eigenvalue weighted by Gasteiger charge is -2.18. The SMILES string of the molecule is CC[C@@H](C)NC(=O)N[C@H]1CCN(c2ccccc2)C1=O. The summed E-state index contributed by atoms with van der Waals surface area (Å²) in [5.74, 6) is -0.0458. The van der Waals surface area contributed by atoms with Crippen molar-refractivity contribution in [3.05, 3.63) is 30.3 Å². The number of nitrogens with zero attached hydrogens (tertiary/aromatic N) is 1. The average Bonchev–Trinajstić information content (AvgIpc) is 2.81. The van der Waals surface area contributed by atoms with Crippen LogP contribution in [-0.4, -0.2) is 30.6 Å². The Balaban J connectivity index is 1.93. The molecule has 1 aromatic carbocycles. The minimum Gasteiger partial charge on any atom is -0.336 e. The van der Waals surface area contributed by atoms with Crippen LogP contribution in [0.25, 0.3) is 0 Å². The number of benzene rings is 1. The maximum Gasteiger partial charge on any atom is 0.315 e. The molecule has 1 aromatic rings. The molecule has 0 radical (unpaired) electrons. The van der Waals surface area contributed by atoms with Crippen molar-refractivity contribution in [1.29, 1.82) is 0 Å². The Bertz CT molecular complexity index is 475. The van der Waals surface area contributed by atoms with Gasteiger partial charge in [0.05, 0.1) is 0 Å². The number of hydrogen-bond donors (Lipinski definition) is 2. The number of hydrogen-bond acceptors (Lipinski definition) is 2. The Labute approximate surface area is 119 Å². The average molecular weight is 275 g/mol. The van der Waals surface area contributed by atoms with Gasteiger partial charge in [0.15, 0.2) is 0 Å². The summed E-state index contributed by atoms with van der Waals surface area (Å²) in [6, 6.07) is 8.93. The van der Waals surface area contributed by atoms with Gasteiger partial charge in [-0.3, -0.25) is 4.79 Å². The molecule has 0 aromatic heterocycles. The summed E-state index contributed by atoms with van der Waals surface area (Å²) < 4.78 is 0. The first-order valence-corrected chi connectivity index (χ1v) is 7.05. The van der Waals surface area contributed by atoms with Crippen molar-refractivity contribution in [1.82, 2.24) is 10.6 Å². The molecule has 1 saturated heterocycles. The van der Waals surface area contributed by atoms with Crippen LogP contribution in [0.1, 0.15) is 26.7 Å². The van der Waals surface area contributed by atoms with Crippen LogP contribution in [0.5, 0.6) is 0 Å². The number of nitrogens with one attached hydrogen (secondary N) is 2. The minimum absolute atomic E-state index is 0.0458. The molecule has 5 nitrogen and oxygen atoms in total. The van der Waals surface area contributed by atoms with E-state index in [9.17, 15) is 9.59 Å². The first kappa shape index (κ1) is 14.4. The van der Waals surface area contributed by atoms with Crippen LogP contribution in [0.2, 0.25) is 0 Å². The van der Waals surface area contributed by atoms with Gasteiger partial charge in [-0.2, -0.15) is 0 Å². The number of carbonyl (C=O) groups is 2. The highest BCUT2D eigenvalue weighted by Gasteiger charge is 2.33. The van der Waals surface area contributed by atoms with Gasteiger partial charge in [0, 0.05) is 18.3 Å². The maximum atomic E-state index is 12.3. The van der Waals surface area contributed by atoms with Crippen LogP contribution in [0, 0.1) is 0 Å². The highest BCUT2D eigenvalue weighted by molar-refractivity contribution is 6.01. The van der Waals surface area contributed by atoms with E-state index >= 15 is 0 Å². The zero-order chi connectivity index (χ0) is 14.5. The Morgan fingerprint density at radius 1 is 1.40 bits per heavy atom. The normalized spacial score (nSPS) is 19.8. The second-order valence-corrected chi connectivity index (χ2v) is 5.09. The lowest BCUT2D eigenvalue weighted by atomic mass is 10.2. The Morgan fingerprint density at radius 2 is 2.10 bits per heavy atom. The predicted molar refractivity (Wildman–Crippen MR) is 78.6 cm³/mol. The van der Waals surface area contributed by atoms with Gasteiger partial charge in [0.25, 0.3) is 0 Å². The van der Waals surface area contributed by atoms with Gasteiger partial charge >= 0.3 is 6.03 Å². The molecular weight excluding hydrogens is 254 g/mol. The summed E-state index contributed by atoms with van der Waals surface area (Å²) in [6.45, 7) is 4.58. The van der Waals surface area contributed by atoms with E-state index in [1.165, 1.54) is 0 Å². The molecule has 1 fully saturated rings. The number of para-hydroxylation sites is 1. The third kappa shape index (κ3) is 3.29. The molecule has 5 heteroatoms. The third-order valence-electron chi connectivity index (χ3n) is 3.57. The van der Waals surface area contributed by atoms with Crippen LogP contribution < -0.4 is 15.5 Å². The van der Waals surface area contributed by atoms with E-state index in [-0.39, 0.29) is 18.0 Å². The van der Waals surface area contributed by atoms with Crippen LogP contribution in [0.3, 0.4) is 0 Å². The molecular formula is C15H21N3O2. The molecule has 0 spiro atoms. The highest BCUT2D eigenvalue weighted by atomic mass is 16.2. The molecule has 20 heavy (non-hydrogen) atoms. The summed E-state index contributed by atoms with van der Waals surface area (Å²) >= 11 is 0. The van der Waals surface area contributed by atoms with E-state index < -0.39 is 6.04 Å². The Kier molecular flexibility index (Phi) is 4.61. The van der Waals surface area contributed by atoms with Crippen molar-refractivity contribution < 1.29 is 9.59 Å². The maximum absolute atomic E-state index is 12.3. The Hall–Kier alpha value is -2.04. The quantitative estimate of drug-likeness (QED) is 0.881. The molecule has 1 aliphatic heterocycles. The van der Waals surface area contributed by atoms with Gasteiger partial charge in [-0.1, -0.05) is 25.1 Å². The zero-order valence-electron chi connectivity index (χ0n) is 11.9. The standard InChI is InChI=1S/C15H21N3O2/c1-3-11(2)16-15(20)17-13-9-10-18(14(13)19)12-7-5-4-6-8-12/h4-8,11,13H,3,9-10H2,1-2H3,(H2,16,17,20)/t11-,13+/m1/s1. The topological polar surface area (TPSA) is 61.4 Å². The molecule has 1 aliphatic rings. The summed E-state index contributed by atoms with van der Waals surface area (Å²) in [4.78, 5) is 25.8. The first-order valence-electron chi connectivity index (χ1n) is 7.05. The molecule has 0 unspecified atom stereocenters. The number of rotatable bonds is 4. The molecule has 2 N–H and O–H groups in total. The highest BCUT2D eigenvalue weighted by Crippen LogP contribution is 2.20. The fourth-order valence-corrected chi connectivity index (χ4v) is 2.20. The van der Waals surface area contributed by atoms with Crippen LogP contribution in [0.4, 0.5) is 10.5 Å². The van der Waals surface area contributed by atoms with Crippen molar-refractivity contribution in [2.75, 3.05) is 11.4 Å². The van der Waals surface area contributed by atoms with Gasteiger partial charge in [-0.05, 0) is 31.9 Å².